The summed E-state index contributed by atoms with van der Waals surface area (Å²) in [6, 6.07) is 11.1. The van der Waals surface area contributed by atoms with E-state index in [4.69, 9.17) is 0 Å². The maximum absolute atomic E-state index is 12.3. The molecule has 3 heteroatoms. The predicted octanol–water partition coefficient (Wildman–Crippen LogP) is 3.86. The highest BCUT2D eigenvalue weighted by Crippen LogP contribution is 2.49. The minimum atomic E-state index is -0.180. The monoisotopic (exact) mass is 283 g/mol. The molecule has 0 saturated heterocycles. The highest BCUT2D eigenvalue weighted by molar-refractivity contribution is 6.03. The van der Waals surface area contributed by atoms with Crippen LogP contribution in [-0.4, -0.2) is 17.6 Å². The molecule has 1 aliphatic rings. The Hall–Kier alpha value is -2.03. The molecule has 0 spiro atoms. The summed E-state index contributed by atoms with van der Waals surface area (Å²) in [5.41, 5.74) is 0.678. The molecular weight excluding hydrogens is 262 g/mol. The molecule has 2 aromatic rings. The van der Waals surface area contributed by atoms with E-state index in [1.54, 1.807) is 6.07 Å². The SMILES string of the molecule is CCCC1(CNC(=O)c2ccc3ccccc3c2O)CC1. The Morgan fingerprint density at radius 2 is 2.00 bits per heavy atom. The van der Waals surface area contributed by atoms with E-state index in [0.29, 0.717) is 17.5 Å². The van der Waals surface area contributed by atoms with Gasteiger partial charge in [-0.25, -0.2) is 0 Å². The smallest absolute Gasteiger partial charge is 0.255 e. The van der Waals surface area contributed by atoms with Crippen LogP contribution in [0, 0.1) is 5.41 Å². The fourth-order valence-corrected chi connectivity index (χ4v) is 3.02. The molecule has 3 rings (SSSR count). The minimum absolute atomic E-state index is 0.0749. The number of hydrogen-bond acceptors (Lipinski definition) is 2. The fourth-order valence-electron chi connectivity index (χ4n) is 3.02. The number of nitrogens with one attached hydrogen (secondary N) is 1. The van der Waals surface area contributed by atoms with E-state index >= 15 is 0 Å². The van der Waals surface area contributed by atoms with Crippen LogP contribution < -0.4 is 5.32 Å². The van der Waals surface area contributed by atoms with Crippen LogP contribution in [0.15, 0.2) is 36.4 Å². The van der Waals surface area contributed by atoms with Gasteiger partial charge in [0, 0.05) is 11.9 Å². The molecule has 3 nitrogen and oxygen atoms in total. The molecule has 1 saturated carbocycles. The number of carbonyl (C=O) groups excluding carboxylic acids is 1. The average molecular weight is 283 g/mol. The molecule has 110 valence electrons. The van der Waals surface area contributed by atoms with Gasteiger partial charge >= 0.3 is 0 Å². The first-order valence-electron chi connectivity index (χ1n) is 7.64. The van der Waals surface area contributed by atoms with Crippen molar-refractivity contribution in [1.82, 2.24) is 5.32 Å². The topological polar surface area (TPSA) is 49.3 Å². The van der Waals surface area contributed by atoms with Gasteiger partial charge in [0.1, 0.15) is 5.75 Å². The highest BCUT2D eigenvalue weighted by Gasteiger charge is 2.41. The van der Waals surface area contributed by atoms with Crippen molar-refractivity contribution < 1.29 is 9.90 Å². The van der Waals surface area contributed by atoms with Crippen LogP contribution >= 0.6 is 0 Å². The van der Waals surface area contributed by atoms with Crippen LogP contribution in [0.25, 0.3) is 10.8 Å². The highest BCUT2D eigenvalue weighted by atomic mass is 16.3. The fraction of sp³-hybridized carbons (Fsp3) is 0.389. The van der Waals surface area contributed by atoms with Crippen molar-refractivity contribution in [2.75, 3.05) is 6.54 Å². The molecule has 1 amide bonds. The van der Waals surface area contributed by atoms with Gasteiger partial charge in [0.25, 0.3) is 5.91 Å². The van der Waals surface area contributed by atoms with Gasteiger partial charge in [-0.2, -0.15) is 0 Å². The molecule has 0 aliphatic heterocycles. The summed E-state index contributed by atoms with van der Waals surface area (Å²) < 4.78 is 0. The van der Waals surface area contributed by atoms with Crippen LogP contribution in [0.4, 0.5) is 0 Å². The van der Waals surface area contributed by atoms with Crippen LogP contribution in [-0.2, 0) is 0 Å². The Morgan fingerprint density at radius 1 is 1.24 bits per heavy atom. The lowest BCUT2D eigenvalue weighted by atomic mass is 10.0. The molecule has 1 aliphatic carbocycles. The van der Waals surface area contributed by atoms with Gasteiger partial charge in [-0.15, -0.1) is 0 Å². The van der Waals surface area contributed by atoms with Gasteiger partial charge in [0.05, 0.1) is 5.56 Å². The van der Waals surface area contributed by atoms with Crippen LogP contribution in [0.1, 0.15) is 43.0 Å². The third kappa shape index (κ3) is 2.73. The van der Waals surface area contributed by atoms with E-state index in [0.717, 1.165) is 23.6 Å². The number of amides is 1. The van der Waals surface area contributed by atoms with Crippen molar-refractivity contribution in [3.63, 3.8) is 0 Å². The summed E-state index contributed by atoms with van der Waals surface area (Å²) in [7, 11) is 0. The van der Waals surface area contributed by atoms with E-state index in [-0.39, 0.29) is 11.7 Å². The number of rotatable bonds is 5. The number of phenols is 1. The lowest BCUT2D eigenvalue weighted by molar-refractivity contribution is 0.0941. The van der Waals surface area contributed by atoms with Gasteiger partial charge < -0.3 is 10.4 Å². The summed E-state index contributed by atoms with van der Waals surface area (Å²) in [4.78, 5) is 12.3. The second-order valence-electron chi connectivity index (χ2n) is 6.12. The Labute approximate surface area is 125 Å². The van der Waals surface area contributed by atoms with Crippen LogP contribution in [0.2, 0.25) is 0 Å². The number of phenolic OH excluding ortho intramolecular Hbond substituents is 1. The molecule has 0 heterocycles. The molecule has 0 bridgehead atoms. The van der Waals surface area contributed by atoms with Crippen molar-refractivity contribution in [3.8, 4) is 5.75 Å². The quantitative estimate of drug-likeness (QED) is 0.875. The number of aromatic hydroxyl groups is 1. The van der Waals surface area contributed by atoms with Crippen LogP contribution in [0.3, 0.4) is 0 Å². The van der Waals surface area contributed by atoms with Gasteiger partial charge in [-0.3, -0.25) is 4.79 Å². The lowest BCUT2D eigenvalue weighted by Crippen LogP contribution is -2.30. The average Bonchev–Trinajstić information content (AvgIpc) is 3.26. The van der Waals surface area contributed by atoms with Crippen molar-refractivity contribution in [2.45, 2.75) is 32.6 Å². The van der Waals surface area contributed by atoms with E-state index in [1.165, 1.54) is 12.8 Å². The molecule has 21 heavy (non-hydrogen) atoms. The summed E-state index contributed by atoms with van der Waals surface area (Å²) in [5, 5.41) is 15.0. The lowest BCUT2D eigenvalue weighted by Gasteiger charge is -2.15. The predicted molar refractivity (Wildman–Crippen MR) is 84.5 cm³/mol. The Kier molecular flexibility index (Phi) is 3.58. The van der Waals surface area contributed by atoms with Gasteiger partial charge in [-0.05, 0) is 36.1 Å². The van der Waals surface area contributed by atoms with E-state index < -0.39 is 0 Å². The molecule has 0 atom stereocenters. The molecule has 1 fully saturated rings. The van der Waals surface area contributed by atoms with E-state index in [2.05, 4.69) is 12.2 Å². The van der Waals surface area contributed by atoms with Crippen molar-refractivity contribution in [3.05, 3.63) is 42.0 Å². The third-order valence-electron chi connectivity index (χ3n) is 4.51. The number of fused-ring (bicyclic) bond motifs is 1. The third-order valence-corrected chi connectivity index (χ3v) is 4.51. The second kappa shape index (κ2) is 5.40. The zero-order valence-electron chi connectivity index (χ0n) is 12.4. The van der Waals surface area contributed by atoms with Gasteiger partial charge in [-0.1, -0.05) is 43.7 Å². The first kappa shape index (κ1) is 13.9. The number of benzene rings is 2. The van der Waals surface area contributed by atoms with Gasteiger partial charge in [0.15, 0.2) is 0 Å². The molecule has 0 radical (unpaired) electrons. The zero-order chi connectivity index (χ0) is 14.9. The first-order valence-corrected chi connectivity index (χ1v) is 7.64. The molecule has 2 N–H and O–H groups in total. The first-order chi connectivity index (χ1) is 10.2. The maximum Gasteiger partial charge on any atom is 0.255 e. The van der Waals surface area contributed by atoms with Crippen molar-refractivity contribution in [1.29, 1.82) is 0 Å². The zero-order valence-corrected chi connectivity index (χ0v) is 12.4. The van der Waals surface area contributed by atoms with Crippen LogP contribution in [0.5, 0.6) is 5.75 Å². The normalized spacial score (nSPS) is 15.9. The van der Waals surface area contributed by atoms with Crippen molar-refractivity contribution >= 4 is 16.7 Å². The van der Waals surface area contributed by atoms with Crippen molar-refractivity contribution in [2.24, 2.45) is 5.41 Å². The molecule has 0 aromatic heterocycles. The van der Waals surface area contributed by atoms with E-state index in [1.807, 2.05) is 30.3 Å². The second-order valence-corrected chi connectivity index (χ2v) is 6.12. The molecule has 0 unspecified atom stereocenters. The molecular formula is C18H21NO2. The summed E-state index contributed by atoms with van der Waals surface area (Å²) in [6.07, 6.45) is 4.71. The maximum atomic E-state index is 12.3. The van der Waals surface area contributed by atoms with Gasteiger partial charge in [0.2, 0.25) is 0 Å². The van der Waals surface area contributed by atoms with E-state index in [9.17, 15) is 9.90 Å². The standard InChI is InChI=1S/C18H21NO2/c1-2-9-18(10-11-18)12-19-17(21)15-8-7-13-5-3-4-6-14(13)16(15)20/h3-8,20H,2,9-12H2,1H3,(H,19,21). The Bertz CT molecular complexity index is 674. The Balaban J connectivity index is 1.77. The molecule has 2 aromatic carbocycles. The summed E-state index contributed by atoms with van der Waals surface area (Å²) in [6.45, 7) is 2.89. The summed E-state index contributed by atoms with van der Waals surface area (Å²) in [5.74, 6) is -0.105. The minimum Gasteiger partial charge on any atom is -0.506 e. The Morgan fingerprint density at radius 3 is 2.71 bits per heavy atom. The number of hydrogen-bond donors (Lipinski definition) is 2. The number of carbonyl (C=O) groups is 1. The summed E-state index contributed by atoms with van der Waals surface area (Å²) >= 11 is 0. The largest absolute Gasteiger partial charge is 0.506 e.